The quantitative estimate of drug-likeness (QED) is 0.875. The average Bonchev–Trinajstić information content (AvgIpc) is 2.87. The first kappa shape index (κ1) is 16.7. The van der Waals surface area contributed by atoms with E-state index in [9.17, 15) is 9.59 Å². The number of thiophene rings is 1. The molecule has 1 N–H and O–H groups in total. The number of likely N-dealkylation sites (N-methyl/N-ethyl adjacent to an activating group) is 1. The van der Waals surface area contributed by atoms with Gasteiger partial charge in [0.25, 0.3) is 5.91 Å². The van der Waals surface area contributed by atoms with Crippen molar-refractivity contribution in [3.63, 3.8) is 0 Å². The van der Waals surface area contributed by atoms with Gasteiger partial charge in [0, 0.05) is 22.1 Å². The van der Waals surface area contributed by atoms with Crippen LogP contribution in [0.1, 0.15) is 20.1 Å². The summed E-state index contributed by atoms with van der Waals surface area (Å²) in [5.41, 5.74) is 1.71. The predicted octanol–water partition coefficient (Wildman–Crippen LogP) is 3.84. The molecule has 22 heavy (non-hydrogen) atoms. The molecule has 0 bridgehead atoms. The topological polar surface area (TPSA) is 49.4 Å². The van der Waals surface area contributed by atoms with Gasteiger partial charge in [-0.2, -0.15) is 0 Å². The molecule has 2 amide bonds. The van der Waals surface area contributed by atoms with Gasteiger partial charge in [-0.05, 0) is 49.7 Å². The van der Waals surface area contributed by atoms with E-state index < -0.39 is 0 Å². The van der Waals surface area contributed by atoms with Crippen molar-refractivity contribution in [2.24, 2.45) is 0 Å². The third-order valence-corrected chi connectivity index (χ3v) is 4.62. The summed E-state index contributed by atoms with van der Waals surface area (Å²) in [7, 11) is 1.63. The Bertz CT molecular complexity index is 712. The van der Waals surface area contributed by atoms with Crippen LogP contribution in [0.3, 0.4) is 0 Å². The van der Waals surface area contributed by atoms with Crippen LogP contribution in [0, 0.1) is 13.8 Å². The van der Waals surface area contributed by atoms with E-state index in [0.29, 0.717) is 4.88 Å². The number of rotatable bonds is 4. The number of anilines is 1. The summed E-state index contributed by atoms with van der Waals surface area (Å²) < 4.78 is 0.961. The average molecular weight is 381 g/mol. The van der Waals surface area contributed by atoms with E-state index in [-0.39, 0.29) is 18.4 Å². The standard InChI is InChI=1S/C16H17BrN2O2S/c1-10-8-12(17)5-6-13(10)18-15(20)9-19(3)16(21)14-7-4-11(2)22-14/h4-8H,9H2,1-3H3,(H,18,20). The number of carbonyl (C=O) groups excluding carboxylic acids is 2. The van der Waals surface area contributed by atoms with E-state index in [2.05, 4.69) is 21.2 Å². The molecule has 1 aromatic heterocycles. The lowest BCUT2D eigenvalue weighted by Crippen LogP contribution is -2.34. The summed E-state index contributed by atoms with van der Waals surface area (Å²) in [6.07, 6.45) is 0. The molecule has 2 rings (SSSR count). The van der Waals surface area contributed by atoms with E-state index >= 15 is 0 Å². The fraction of sp³-hybridized carbons (Fsp3) is 0.250. The van der Waals surface area contributed by atoms with Gasteiger partial charge in [-0.1, -0.05) is 15.9 Å². The van der Waals surface area contributed by atoms with Crippen LogP contribution < -0.4 is 5.32 Å². The van der Waals surface area contributed by atoms with Gasteiger partial charge in [-0.25, -0.2) is 0 Å². The van der Waals surface area contributed by atoms with E-state index in [0.717, 1.165) is 20.6 Å². The fourth-order valence-electron chi connectivity index (χ4n) is 1.98. The normalized spacial score (nSPS) is 10.4. The molecule has 0 aliphatic heterocycles. The molecular formula is C16H17BrN2O2S. The van der Waals surface area contributed by atoms with Gasteiger partial charge >= 0.3 is 0 Å². The maximum absolute atomic E-state index is 12.2. The van der Waals surface area contributed by atoms with Gasteiger partial charge in [0.05, 0.1) is 11.4 Å². The Hall–Kier alpha value is -1.66. The Labute approximate surface area is 142 Å². The molecule has 0 saturated heterocycles. The second-order valence-electron chi connectivity index (χ2n) is 5.08. The number of benzene rings is 1. The Balaban J connectivity index is 1.98. The lowest BCUT2D eigenvalue weighted by atomic mass is 10.2. The van der Waals surface area contributed by atoms with Crippen LogP contribution in [-0.2, 0) is 4.79 Å². The number of nitrogens with zero attached hydrogens (tertiary/aromatic N) is 1. The molecule has 1 aromatic carbocycles. The molecular weight excluding hydrogens is 364 g/mol. The number of aryl methyl sites for hydroxylation is 2. The number of nitrogens with one attached hydrogen (secondary N) is 1. The maximum atomic E-state index is 12.2. The van der Waals surface area contributed by atoms with Crippen molar-refractivity contribution >= 4 is 44.8 Å². The van der Waals surface area contributed by atoms with Crippen molar-refractivity contribution in [2.45, 2.75) is 13.8 Å². The summed E-state index contributed by atoms with van der Waals surface area (Å²) in [6.45, 7) is 3.89. The third kappa shape index (κ3) is 4.18. The monoisotopic (exact) mass is 380 g/mol. The second kappa shape index (κ2) is 7.07. The highest BCUT2D eigenvalue weighted by atomic mass is 79.9. The van der Waals surface area contributed by atoms with Gasteiger partial charge in [0.2, 0.25) is 5.91 Å². The molecule has 0 saturated carbocycles. The largest absolute Gasteiger partial charge is 0.332 e. The number of halogens is 1. The van der Waals surface area contributed by atoms with E-state index in [1.165, 1.54) is 16.2 Å². The van der Waals surface area contributed by atoms with Crippen LogP contribution in [0.2, 0.25) is 0 Å². The number of hydrogen-bond donors (Lipinski definition) is 1. The van der Waals surface area contributed by atoms with Gasteiger partial charge in [0.1, 0.15) is 0 Å². The minimum atomic E-state index is -0.213. The van der Waals surface area contributed by atoms with Gasteiger partial charge < -0.3 is 10.2 Å². The van der Waals surface area contributed by atoms with E-state index in [1.807, 2.05) is 38.1 Å². The fourth-order valence-corrected chi connectivity index (χ4v) is 3.32. The lowest BCUT2D eigenvalue weighted by Gasteiger charge is -2.16. The van der Waals surface area contributed by atoms with Crippen LogP contribution in [0.5, 0.6) is 0 Å². The summed E-state index contributed by atoms with van der Waals surface area (Å²) in [5, 5.41) is 2.83. The SMILES string of the molecule is Cc1ccc(C(=O)N(C)CC(=O)Nc2ccc(Br)cc2C)s1. The smallest absolute Gasteiger partial charge is 0.264 e. The summed E-state index contributed by atoms with van der Waals surface area (Å²) >= 11 is 4.82. The van der Waals surface area contributed by atoms with Crippen LogP contribution in [0.4, 0.5) is 5.69 Å². The minimum absolute atomic E-state index is 0.0191. The highest BCUT2D eigenvalue weighted by molar-refractivity contribution is 9.10. The molecule has 0 radical (unpaired) electrons. The van der Waals surface area contributed by atoms with Crippen LogP contribution in [0.15, 0.2) is 34.8 Å². The maximum Gasteiger partial charge on any atom is 0.264 e. The molecule has 116 valence electrons. The van der Waals surface area contributed by atoms with E-state index in [4.69, 9.17) is 0 Å². The van der Waals surface area contributed by atoms with Crippen molar-refractivity contribution in [1.29, 1.82) is 0 Å². The molecule has 2 aromatic rings. The van der Waals surface area contributed by atoms with Gasteiger partial charge in [-0.3, -0.25) is 9.59 Å². The Morgan fingerprint density at radius 3 is 2.55 bits per heavy atom. The van der Waals surface area contributed by atoms with Gasteiger partial charge in [0.15, 0.2) is 0 Å². The predicted molar refractivity (Wildman–Crippen MR) is 93.5 cm³/mol. The van der Waals surface area contributed by atoms with E-state index in [1.54, 1.807) is 13.1 Å². The summed E-state index contributed by atoms with van der Waals surface area (Å²) in [4.78, 5) is 27.4. The van der Waals surface area contributed by atoms with Crippen molar-refractivity contribution in [3.8, 4) is 0 Å². The van der Waals surface area contributed by atoms with Crippen molar-refractivity contribution in [3.05, 3.63) is 50.1 Å². The minimum Gasteiger partial charge on any atom is -0.332 e. The second-order valence-corrected chi connectivity index (χ2v) is 7.28. The molecule has 0 atom stereocenters. The van der Waals surface area contributed by atoms with Crippen molar-refractivity contribution < 1.29 is 9.59 Å². The Morgan fingerprint density at radius 1 is 1.23 bits per heavy atom. The first-order valence-corrected chi connectivity index (χ1v) is 8.35. The van der Waals surface area contributed by atoms with Crippen LogP contribution >= 0.6 is 27.3 Å². The van der Waals surface area contributed by atoms with Gasteiger partial charge in [-0.15, -0.1) is 11.3 Å². The van der Waals surface area contributed by atoms with Crippen LogP contribution in [0.25, 0.3) is 0 Å². The molecule has 0 fully saturated rings. The number of carbonyl (C=O) groups is 2. The first-order chi connectivity index (χ1) is 10.4. The molecule has 0 aliphatic rings. The summed E-state index contributed by atoms with van der Waals surface area (Å²) in [6, 6.07) is 9.32. The Kier molecular flexibility index (Phi) is 5.37. The molecule has 6 heteroatoms. The molecule has 0 aliphatic carbocycles. The van der Waals surface area contributed by atoms with Crippen molar-refractivity contribution in [2.75, 3.05) is 18.9 Å². The zero-order valence-electron chi connectivity index (χ0n) is 12.6. The lowest BCUT2D eigenvalue weighted by molar-refractivity contribution is -0.116. The highest BCUT2D eigenvalue weighted by Crippen LogP contribution is 2.20. The number of hydrogen-bond acceptors (Lipinski definition) is 3. The first-order valence-electron chi connectivity index (χ1n) is 6.74. The van der Waals surface area contributed by atoms with Crippen molar-refractivity contribution in [1.82, 2.24) is 4.90 Å². The number of amides is 2. The zero-order valence-corrected chi connectivity index (χ0v) is 15.0. The molecule has 0 unspecified atom stereocenters. The molecule has 4 nitrogen and oxygen atoms in total. The molecule has 0 spiro atoms. The summed E-state index contributed by atoms with van der Waals surface area (Å²) in [5.74, 6) is -0.352. The molecule has 1 heterocycles. The Morgan fingerprint density at radius 2 is 1.95 bits per heavy atom. The van der Waals surface area contributed by atoms with Crippen LogP contribution in [-0.4, -0.2) is 30.3 Å². The third-order valence-electron chi connectivity index (χ3n) is 3.14. The highest BCUT2D eigenvalue weighted by Gasteiger charge is 2.16. The zero-order chi connectivity index (χ0) is 16.3.